The van der Waals surface area contributed by atoms with E-state index in [1.54, 1.807) is 0 Å². The van der Waals surface area contributed by atoms with Gasteiger partial charge < -0.3 is 14.8 Å². The van der Waals surface area contributed by atoms with Crippen molar-refractivity contribution < 1.29 is 9.47 Å². The van der Waals surface area contributed by atoms with Crippen LogP contribution in [0.1, 0.15) is 18.5 Å². The largest absolute Gasteiger partial charge is 0.476 e. The van der Waals surface area contributed by atoms with Crippen LogP contribution in [0.15, 0.2) is 12.1 Å². The van der Waals surface area contributed by atoms with E-state index in [1.165, 1.54) is 0 Å². The van der Waals surface area contributed by atoms with Crippen molar-refractivity contribution in [3.05, 3.63) is 17.8 Å². The highest BCUT2D eigenvalue weighted by molar-refractivity contribution is 5.11. The Balaban J connectivity index is 1.77. The van der Waals surface area contributed by atoms with Crippen molar-refractivity contribution in [3.63, 3.8) is 0 Å². The Morgan fingerprint density at radius 3 is 2.82 bits per heavy atom. The average molecular weight is 237 g/mol. The Kier molecular flexibility index (Phi) is 4.70. The van der Waals surface area contributed by atoms with E-state index >= 15 is 0 Å². The van der Waals surface area contributed by atoms with Crippen LogP contribution in [-0.4, -0.2) is 37.1 Å². The number of hydrogen-bond donors (Lipinski definition) is 1. The van der Waals surface area contributed by atoms with Gasteiger partial charge in [0.1, 0.15) is 0 Å². The highest BCUT2D eigenvalue weighted by atomic mass is 16.5. The first-order chi connectivity index (χ1) is 8.38. The summed E-state index contributed by atoms with van der Waals surface area (Å²) in [5.41, 5.74) is 0.922. The molecule has 1 aliphatic rings. The monoisotopic (exact) mass is 237 g/mol. The summed E-state index contributed by atoms with van der Waals surface area (Å²) in [7, 11) is 1.89. The van der Waals surface area contributed by atoms with E-state index in [0.717, 1.165) is 38.3 Å². The molecule has 0 spiro atoms. The van der Waals surface area contributed by atoms with E-state index in [1.807, 2.05) is 19.2 Å². The van der Waals surface area contributed by atoms with E-state index in [0.29, 0.717) is 18.4 Å². The fourth-order valence-corrected chi connectivity index (χ4v) is 1.82. The molecule has 0 radical (unpaired) electrons. The molecule has 5 heteroatoms. The number of aromatic nitrogens is 2. The van der Waals surface area contributed by atoms with Crippen LogP contribution in [0.2, 0.25) is 0 Å². The zero-order chi connectivity index (χ0) is 11.9. The standard InChI is InChI=1S/C12H19N3O2/c1-13-8-11-2-3-12(15-14-11)17-9-10-4-6-16-7-5-10/h2-3,10,13H,4-9H2,1H3. The molecule has 2 heterocycles. The van der Waals surface area contributed by atoms with Gasteiger partial charge in [-0.25, -0.2) is 0 Å². The SMILES string of the molecule is CNCc1ccc(OCC2CCOCC2)nn1. The second-order valence-electron chi connectivity index (χ2n) is 4.26. The van der Waals surface area contributed by atoms with Crippen molar-refractivity contribution in [2.45, 2.75) is 19.4 Å². The first-order valence-electron chi connectivity index (χ1n) is 6.06. The predicted octanol–water partition coefficient (Wildman–Crippen LogP) is 1.00. The van der Waals surface area contributed by atoms with Gasteiger partial charge in [0.2, 0.25) is 5.88 Å². The van der Waals surface area contributed by atoms with Crippen molar-refractivity contribution in [1.82, 2.24) is 15.5 Å². The van der Waals surface area contributed by atoms with Crippen molar-refractivity contribution in [2.75, 3.05) is 26.9 Å². The summed E-state index contributed by atoms with van der Waals surface area (Å²) in [6.45, 7) is 3.14. The van der Waals surface area contributed by atoms with Gasteiger partial charge in [-0.05, 0) is 31.9 Å². The van der Waals surface area contributed by atoms with Gasteiger partial charge in [0.25, 0.3) is 0 Å². The minimum atomic E-state index is 0.586. The zero-order valence-electron chi connectivity index (χ0n) is 10.2. The second-order valence-corrected chi connectivity index (χ2v) is 4.26. The van der Waals surface area contributed by atoms with Crippen LogP contribution in [0.4, 0.5) is 0 Å². The third-order valence-electron chi connectivity index (χ3n) is 2.86. The minimum absolute atomic E-state index is 0.586. The lowest BCUT2D eigenvalue weighted by molar-refractivity contribution is 0.0489. The Labute approximate surface area is 102 Å². The van der Waals surface area contributed by atoms with Crippen molar-refractivity contribution in [1.29, 1.82) is 0 Å². The highest BCUT2D eigenvalue weighted by Crippen LogP contribution is 2.16. The summed E-state index contributed by atoms with van der Waals surface area (Å²) in [5.74, 6) is 1.19. The van der Waals surface area contributed by atoms with Crippen LogP contribution in [0.5, 0.6) is 5.88 Å². The number of ether oxygens (including phenoxy) is 2. The summed E-state index contributed by atoms with van der Waals surface area (Å²) in [6, 6.07) is 3.81. The summed E-state index contributed by atoms with van der Waals surface area (Å²) >= 11 is 0. The molecule has 0 bridgehead atoms. The maximum absolute atomic E-state index is 5.63. The fraction of sp³-hybridized carbons (Fsp3) is 0.667. The molecular weight excluding hydrogens is 218 g/mol. The topological polar surface area (TPSA) is 56.3 Å². The van der Waals surface area contributed by atoms with Crippen LogP contribution < -0.4 is 10.1 Å². The molecule has 0 saturated carbocycles. The number of nitrogens with zero attached hydrogens (tertiary/aromatic N) is 2. The molecular formula is C12H19N3O2. The normalized spacial score (nSPS) is 17.0. The maximum atomic E-state index is 5.63. The van der Waals surface area contributed by atoms with Crippen LogP contribution in [-0.2, 0) is 11.3 Å². The van der Waals surface area contributed by atoms with E-state index in [9.17, 15) is 0 Å². The molecule has 5 nitrogen and oxygen atoms in total. The molecule has 17 heavy (non-hydrogen) atoms. The summed E-state index contributed by atoms with van der Waals surface area (Å²) in [6.07, 6.45) is 2.15. The van der Waals surface area contributed by atoms with E-state index in [4.69, 9.17) is 9.47 Å². The molecule has 1 saturated heterocycles. The van der Waals surface area contributed by atoms with Crippen LogP contribution in [0.25, 0.3) is 0 Å². The summed E-state index contributed by atoms with van der Waals surface area (Å²) in [5, 5.41) is 11.1. The summed E-state index contributed by atoms with van der Waals surface area (Å²) in [4.78, 5) is 0. The van der Waals surface area contributed by atoms with Gasteiger partial charge >= 0.3 is 0 Å². The van der Waals surface area contributed by atoms with Crippen LogP contribution in [0, 0.1) is 5.92 Å². The number of rotatable bonds is 5. The summed E-state index contributed by atoms with van der Waals surface area (Å²) < 4.78 is 10.9. The Bertz CT molecular complexity index is 323. The third kappa shape index (κ3) is 3.94. The van der Waals surface area contributed by atoms with Gasteiger partial charge in [0, 0.05) is 25.8 Å². The van der Waals surface area contributed by atoms with Crippen molar-refractivity contribution in [2.24, 2.45) is 5.92 Å². The van der Waals surface area contributed by atoms with Crippen molar-refractivity contribution >= 4 is 0 Å². The average Bonchev–Trinajstić information content (AvgIpc) is 2.40. The van der Waals surface area contributed by atoms with E-state index < -0.39 is 0 Å². The number of nitrogens with one attached hydrogen (secondary N) is 1. The molecule has 1 N–H and O–H groups in total. The lowest BCUT2D eigenvalue weighted by Crippen LogP contribution is -2.21. The first-order valence-corrected chi connectivity index (χ1v) is 6.06. The molecule has 0 atom stereocenters. The molecule has 0 aromatic carbocycles. The Hall–Kier alpha value is -1.20. The molecule has 0 amide bonds. The Morgan fingerprint density at radius 2 is 2.18 bits per heavy atom. The Morgan fingerprint density at radius 1 is 1.35 bits per heavy atom. The molecule has 2 rings (SSSR count). The maximum Gasteiger partial charge on any atom is 0.233 e. The molecule has 94 valence electrons. The van der Waals surface area contributed by atoms with Gasteiger partial charge in [-0.3, -0.25) is 0 Å². The fourth-order valence-electron chi connectivity index (χ4n) is 1.82. The van der Waals surface area contributed by atoms with Gasteiger partial charge in [0.05, 0.1) is 12.3 Å². The van der Waals surface area contributed by atoms with Gasteiger partial charge in [-0.15, -0.1) is 5.10 Å². The van der Waals surface area contributed by atoms with Crippen LogP contribution in [0.3, 0.4) is 0 Å². The van der Waals surface area contributed by atoms with Gasteiger partial charge in [0.15, 0.2) is 0 Å². The zero-order valence-corrected chi connectivity index (χ0v) is 10.2. The van der Waals surface area contributed by atoms with E-state index in [2.05, 4.69) is 15.5 Å². The highest BCUT2D eigenvalue weighted by Gasteiger charge is 2.14. The predicted molar refractivity (Wildman–Crippen MR) is 63.8 cm³/mol. The lowest BCUT2D eigenvalue weighted by atomic mass is 10.0. The van der Waals surface area contributed by atoms with Gasteiger partial charge in [-0.1, -0.05) is 0 Å². The molecule has 0 unspecified atom stereocenters. The lowest BCUT2D eigenvalue weighted by Gasteiger charge is -2.21. The first kappa shape index (κ1) is 12.3. The molecule has 1 fully saturated rings. The molecule has 1 aliphatic heterocycles. The van der Waals surface area contributed by atoms with Crippen molar-refractivity contribution in [3.8, 4) is 5.88 Å². The molecule has 1 aromatic rings. The minimum Gasteiger partial charge on any atom is -0.476 e. The molecule has 1 aromatic heterocycles. The quantitative estimate of drug-likeness (QED) is 0.828. The van der Waals surface area contributed by atoms with Crippen LogP contribution >= 0.6 is 0 Å². The third-order valence-corrected chi connectivity index (χ3v) is 2.86. The molecule has 0 aliphatic carbocycles. The second kappa shape index (κ2) is 6.51. The van der Waals surface area contributed by atoms with E-state index in [-0.39, 0.29) is 0 Å². The van der Waals surface area contributed by atoms with Gasteiger partial charge in [-0.2, -0.15) is 5.10 Å². The smallest absolute Gasteiger partial charge is 0.233 e. The number of hydrogen-bond acceptors (Lipinski definition) is 5.